The Kier molecular flexibility index (Phi) is 5.08. The van der Waals surface area contributed by atoms with Crippen LogP contribution in [0.15, 0.2) is 57.6 Å². The van der Waals surface area contributed by atoms with E-state index in [1.54, 1.807) is 24.3 Å². The topological polar surface area (TPSA) is 77.2 Å². The summed E-state index contributed by atoms with van der Waals surface area (Å²) in [5, 5.41) is 10.1. The molecule has 0 aliphatic rings. The van der Waals surface area contributed by atoms with Crippen molar-refractivity contribution in [3.8, 4) is 17.0 Å². The first-order valence-electron chi connectivity index (χ1n) is 7.35. The van der Waals surface area contributed by atoms with Gasteiger partial charge in [0.25, 0.3) is 5.91 Å². The summed E-state index contributed by atoms with van der Waals surface area (Å²) in [4.78, 5) is 12.3. The number of amides is 1. The molecule has 1 aromatic heterocycles. The van der Waals surface area contributed by atoms with Crippen LogP contribution in [-0.4, -0.2) is 22.3 Å². The molecule has 0 aliphatic heterocycles. The Morgan fingerprint density at radius 3 is 2.64 bits per heavy atom. The van der Waals surface area contributed by atoms with Crippen molar-refractivity contribution in [1.29, 1.82) is 0 Å². The molecule has 1 heterocycles. The molecule has 3 rings (SSSR count). The lowest BCUT2D eigenvalue weighted by Crippen LogP contribution is -2.30. The number of nitrogens with one attached hydrogen (secondary N) is 1. The van der Waals surface area contributed by atoms with Crippen LogP contribution in [0.1, 0.15) is 6.92 Å². The summed E-state index contributed by atoms with van der Waals surface area (Å²) in [7, 11) is 0. The van der Waals surface area contributed by atoms with Crippen molar-refractivity contribution < 1.29 is 18.6 Å². The molecule has 1 atom stereocenters. The molecule has 128 valence electrons. The standard InChI is InChI=1S/C17H13BrFN3O3/c1-10(24-14-5-3-2-4-13(14)19)17(23)20-16-15(21-25-22-16)11-6-8-12(18)9-7-11/h2-10H,1H3,(H,20,22,23)/t10-/m1/s1. The van der Waals surface area contributed by atoms with Gasteiger partial charge in [0.05, 0.1) is 0 Å². The van der Waals surface area contributed by atoms with E-state index in [0.717, 1.165) is 10.0 Å². The highest BCUT2D eigenvalue weighted by atomic mass is 79.9. The molecule has 1 amide bonds. The average molecular weight is 406 g/mol. The summed E-state index contributed by atoms with van der Waals surface area (Å²) >= 11 is 3.35. The lowest BCUT2D eigenvalue weighted by Gasteiger charge is -2.14. The van der Waals surface area contributed by atoms with Crippen LogP contribution in [0.3, 0.4) is 0 Å². The van der Waals surface area contributed by atoms with Gasteiger partial charge >= 0.3 is 0 Å². The van der Waals surface area contributed by atoms with Gasteiger partial charge in [-0.25, -0.2) is 9.02 Å². The van der Waals surface area contributed by atoms with E-state index in [9.17, 15) is 9.18 Å². The van der Waals surface area contributed by atoms with E-state index in [1.807, 2.05) is 12.1 Å². The second-order valence-electron chi connectivity index (χ2n) is 5.15. The molecule has 2 aromatic carbocycles. The van der Waals surface area contributed by atoms with Gasteiger partial charge < -0.3 is 10.1 Å². The first kappa shape index (κ1) is 17.1. The van der Waals surface area contributed by atoms with Gasteiger partial charge in [-0.15, -0.1) is 0 Å². The highest BCUT2D eigenvalue weighted by Gasteiger charge is 2.21. The Balaban J connectivity index is 1.72. The van der Waals surface area contributed by atoms with Gasteiger partial charge in [0.15, 0.2) is 23.4 Å². The minimum Gasteiger partial charge on any atom is -0.478 e. The van der Waals surface area contributed by atoms with Crippen molar-refractivity contribution in [3.05, 3.63) is 58.8 Å². The fraction of sp³-hybridized carbons (Fsp3) is 0.118. The molecule has 0 saturated carbocycles. The number of carbonyl (C=O) groups is 1. The number of hydrogen-bond acceptors (Lipinski definition) is 5. The van der Waals surface area contributed by atoms with Gasteiger partial charge in [-0.3, -0.25) is 4.79 Å². The lowest BCUT2D eigenvalue weighted by atomic mass is 10.1. The minimum atomic E-state index is -0.939. The zero-order valence-electron chi connectivity index (χ0n) is 13.1. The summed E-state index contributed by atoms with van der Waals surface area (Å²) in [6.45, 7) is 1.51. The van der Waals surface area contributed by atoms with E-state index in [1.165, 1.54) is 19.1 Å². The smallest absolute Gasteiger partial charge is 0.266 e. The number of aromatic nitrogens is 2. The van der Waals surface area contributed by atoms with Crippen LogP contribution in [0.2, 0.25) is 0 Å². The van der Waals surface area contributed by atoms with Crippen LogP contribution in [-0.2, 0) is 4.79 Å². The monoisotopic (exact) mass is 405 g/mol. The number of para-hydroxylation sites is 1. The summed E-state index contributed by atoms with van der Waals surface area (Å²) < 4.78 is 24.6. The number of ether oxygens (including phenoxy) is 1. The zero-order chi connectivity index (χ0) is 17.8. The molecule has 0 spiro atoms. The maximum Gasteiger partial charge on any atom is 0.266 e. The van der Waals surface area contributed by atoms with Gasteiger partial charge in [0.2, 0.25) is 5.82 Å². The number of halogens is 2. The molecule has 8 heteroatoms. The molecule has 0 bridgehead atoms. The molecular weight excluding hydrogens is 393 g/mol. The summed E-state index contributed by atoms with van der Waals surface area (Å²) in [5.74, 6) is -0.883. The third kappa shape index (κ3) is 4.03. The molecule has 25 heavy (non-hydrogen) atoms. The molecule has 0 saturated heterocycles. The second kappa shape index (κ2) is 7.43. The molecule has 3 aromatic rings. The predicted molar refractivity (Wildman–Crippen MR) is 92.6 cm³/mol. The number of anilines is 1. The third-order valence-electron chi connectivity index (χ3n) is 3.36. The normalized spacial score (nSPS) is 11.8. The Morgan fingerprint density at radius 1 is 1.20 bits per heavy atom. The van der Waals surface area contributed by atoms with E-state index in [2.05, 4.69) is 31.6 Å². The summed E-state index contributed by atoms with van der Waals surface area (Å²) in [6, 6.07) is 13.1. The maximum absolute atomic E-state index is 13.6. The predicted octanol–water partition coefficient (Wildman–Crippen LogP) is 4.04. The molecule has 0 radical (unpaired) electrons. The summed E-state index contributed by atoms with van der Waals surface area (Å²) in [5.41, 5.74) is 1.11. The fourth-order valence-corrected chi connectivity index (χ4v) is 2.33. The van der Waals surface area contributed by atoms with Crippen LogP contribution >= 0.6 is 15.9 Å². The molecule has 0 unspecified atom stereocenters. The van der Waals surface area contributed by atoms with Crippen molar-refractivity contribution in [2.24, 2.45) is 0 Å². The third-order valence-corrected chi connectivity index (χ3v) is 3.89. The van der Waals surface area contributed by atoms with Crippen molar-refractivity contribution in [2.45, 2.75) is 13.0 Å². The van der Waals surface area contributed by atoms with E-state index in [0.29, 0.717) is 5.69 Å². The largest absolute Gasteiger partial charge is 0.478 e. The first-order chi connectivity index (χ1) is 12.0. The first-order valence-corrected chi connectivity index (χ1v) is 8.14. The highest BCUT2D eigenvalue weighted by molar-refractivity contribution is 9.10. The van der Waals surface area contributed by atoms with Gasteiger partial charge in [-0.1, -0.05) is 40.2 Å². The van der Waals surface area contributed by atoms with Gasteiger partial charge in [0.1, 0.15) is 0 Å². The van der Waals surface area contributed by atoms with E-state index >= 15 is 0 Å². The number of nitrogens with zero attached hydrogens (tertiary/aromatic N) is 2. The van der Waals surface area contributed by atoms with Crippen LogP contribution in [0.25, 0.3) is 11.3 Å². The van der Waals surface area contributed by atoms with Crippen LogP contribution < -0.4 is 10.1 Å². The Hall–Kier alpha value is -2.74. The van der Waals surface area contributed by atoms with Crippen molar-refractivity contribution in [3.63, 3.8) is 0 Å². The Bertz CT molecular complexity index is 883. The van der Waals surface area contributed by atoms with E-state index in [4.69, 9.17) is 9.37 Å². The van der Waals surface area contributed by atoms with Crippen molar-refractivity contribution >= 4 is 27.7 Å². The molecule has 1 N–H and O–H groups in total. The lowest BCUT2D eigenvalue weighted by molar-refractivity contribution is -0.122. The molecule has 0 fully saturated rings. The number of hydrogen-bond donors (Lipinski definition) is 1. The van der Waals surface area contributed by atoms with Gasteiger partial charge in [0, 0.05) is 10.0 Å². The van der Waals surface area contributed by atoms with Crippen LogP contribution in [0.5, 0.6) is 5.75 Å². The molecular formula is C17H13BrFN3O3. The SMILES string of the molecule is C[C@@H](Oc1ccccc1F)C(=O)Nc1nonc1-c1ccc(Br)cc1. The van der Waals surface area contributed by atoms with E-state index in [-0.39, 0.29) is 11.6 Å². The fourth-order valence-electron chi connectivity index (χ4n) is 2.07. The molecule has 6 nitrogen and oxygen atoms in total. The van der Waals surface area contributed by atoms with Crippen molar-refractivity contribution in [2.75, 3.05) is 5.32 Å². The average Bonchev–Trinajstić information content (AvgIpc) is 3.05. The molecule has 0 aliphatic carbocycles. The zero-order valence-corrected chi connectivity index (χ0v) is 14.7. The van der Waals surface area contributed by atoms with Crippen LogP contribution in [0.4, 0.5) is 10.2 Å². The number of rotatable bonds is 5. The maximum atomic E-state index is 13.6. The minimum absolute atomic E-state index is 0.00318. The van der Waals surface area contributed by atoms with Crippen molar-refractivity contribution in [1.82, 2.24) is 10.3 Å². The highest BCUT2D eigenvalue weighted by Crippen LogP contribution is 2.26. The summed E-state index contributed by atoms with van der Waals surface area (Å²) in [6.07, 6.45) is -0.939. The van der Waals surface area contributed by atoms with Gasteiger partial charge in [-0.05, 0) is 41.5 Å². The Morgan fingerprint density at radius 2 is 1.92 bits per heavy atom. The number of carbonyl (C=O) groups excluding carboxylic acids is 1. The van der Waals surface area contributed by atoms with E-state index < -0.39 is 17.8 Å². The number of benzene rings is 2. The second-order valence-corrected chi connectivity index (χ2v) is 6.06. The quantitative estimate of drug-likeness (QED) is 0.692. The van der Waals surface area contributed by atoms with Gasteiger partial charge in [-0.2, -0.15) is 0 Å². The van der Waals surface area contributed by atoms with Crippen LogP contribution in [0, 0.1) is 5.82 Å². The Labute approximate surface area is 151 Å².